The van der Waals surface area contributed by atoms with Gasteiger partial charge in [0.2, 0.25) is 0 Å². The van der Waals surface area contributed by atoms with Gasteiger partial charge in [0.1, 0.15) is 0 Å². The first kappa shape index (κ1) is 11.8. The van der Waals surface area contributed by atoms with E-state index in [0.29, 0.717) is 0 Å². The molecule has 0 aliphatic heterocycles. The first-order chi connectivity index (χ1) is 8.36. The molecule has 0 bridgehead atoms. The van der Waals surface area contributed by atoms with E-state index in [1.165, 1.54) is 16.5 Å². The number of benzene rings is 1. The molecular formula is C15H18N2. The van der Waals surface area contributed by atoms with E-state index in [1.54, 1.807) is 0 Å². The van der Waals surface area contributed by atoms with Gasteiger partial charge < -0.3 is 9.88 Å². The van der Waals surface area contributed by atoms with Crippen molar-refractivity contribution in [2.45, 2.75) is 26.4 Å². The van der Waals surface area contributed by atoms with E-state index in [2.05, 4.69) is 53.2 Å². The summed E-state index contributed by atoms with van der Waals surface area (Å²) in [7, 11) is 0. The lowest BCUT2D eigenvalue weighted by Crippen LogP contribution is -2.11. The maximum atomic E-state index is 5.31. The quantitative estimate of drug-likeness (QED) is 0.776. The summed E-state index contributed by atoms with van der Waals surface area (Å²) in [5, 5.41) is 4.69. The Kier molecular flexibility index (Phi) is 3.85. The van der Waals surface area contributed by atoms with Gasteiger partial charge in [-0.25, -0.2) is 0 Å². The Bertz CT molecular complexity index is 531. The zero-order valence-electron chi connectivity index (χ0n) is 10.2. The Morgan fingerprint density at radius 2 is 2.24 bits per heavy atom. The van der Waals surface area contributed by atoms with Crippen LogP contribution in [-0.2, 0) is 13.1 Å². The number of aryl methyl sites for hydroxylation is 1. The minimum atomic E-state index is 0.779. The largest absolute Gasteiger partial charge is 0.347 e. The topological polar surface area (TPSA) is 17.0 Å². The van der Waals surface area contributed by atoms with E-state index in [4.69, 9.17) is 6.42 Å². The summed E-state index contributed by atoms with van der Waals surface area (Å²) >= 11 is 0. The average molecular weight is 226 g/mol. The monoisotopic (exact) mass is 226 g/mol. The molecular weight excluding hydrogens is 208 g/mol. The molecule has 0 aliphatic carbocycles. The van der Waals surface area contributed by atoms with Crippen LogP contribution in [-0.4, -0.2) is 11.1 Å². The first-order valence-corrected chi connectivity index (χ1v) is 6.07. The fraction of sp³-hybridized carbons (Fsp3) is 0.333. The molecule has 17 heavy (non-hydrogen) atoms. The summed E-state index contributed by atoms with van der Waals surface area (Å²) in [6.45, 7) is 4.93. The predicted octanol–water partition coefficient (Wildman–Crippen LogP) is 2.77. The van der Waals surface area contributed by atoms with E-state index in [-0.39, 0.29) is 0 Å². The number of aromatic nitrogens is 1. The highest BCUT2D eigenvalue weighted by atomic mass is 14.9. The van der Waals surface area contributed by atoms with Gasteiger partial charge in [0.05, 0.1) is 0 Å². The Balaban J connectivity index is 2.32. The zero-order valence-corrected chi connectivity index (χ0v) is 10.2. The van der Waals surface area contributed by atoms with Crippen LogP contribution in [0.4, 0.5) is 0 Å². The third-order valence-electron chi connectivity index (χ3n) is 2.97. The highest BCUT2D eigenvalue weighted by molar-refractivity contribution is 5.83. The first-order valence-electron chi connectivity index (χ1n) is 6.07. The minimum absolute atomic E-state index is 0.779. The number of rotatable bonds is 5. The van der Waals surface area contributed by atoms with Crippen molar-refractivity contribution in [2.75, 3.05) is 6.54 Å². The van der Waals surface area contributed by atoms with Crippen LogP contribution in [0.1, 0.15) is 18.9 Å². The molecule has 0 saturated heterocycles. The Morgan fingerprint density at radius 1 is 1.35 bits per heavy atom. The van der Waals surface area contributed by atoms with Gasteiger partial charge in [-0.2, -0.15) is 0 Å². The molecule has 0 fully saturated rings. The van der Waals surface area contributed by atoms with Crippen LogP contribution in [0, 0.1) is 12.3 Å². The van der Waals surface area contributed by atoms with Gasteiger partial charge in [-0.1, -0.05) is 19.1 Å². The number of nitrogens with zero attached hydrogens (tertiary/aromatic N) is 1. The van der Waals surface area contributed by atoms with Crippen LogP contribution in [0.2, 0.25) is 0 Å². The van der Waals surface area contributed by atoms with Crippen molar-refractivity contribution in [3.8, 4) is 12.3 Å². The van der Waals surface area contributed by atoms with Gasteiger partial charge in [0.25, 0.3) is 0 Å². The Hall–Kier alpha value is -1.72. The number of hydrogen-bond acceptors (Lipinski definition) is 1. The lowest BCUT2D eigenvalue weighted by molar-refractivity contribution is 0.729. The second-order valence-electron chi connectivity index (χ2n) is 4.09. The van der Waals surface area contributed by atoms with E-state index in [1.807, 2.05) is 0 Å². The summed E-state index contributed by atoms with van der Waals surface area (Å²) in [4.78, 5) is 0. The minimum Gasteiger partial charge on any atom is -0.347 e. The molecule has 2 rings (SSSR count). The van der Waals surface area contributed by atoms with Gasteiger partial charge in [-0.05, 0) is 24.2 Å². The van der Waals surface area contributed by atoms with E-state index >= 15 is 0 Å². The Morgan fingerprint density at radius 3 is 3.00 bits per heavy atom. The smallest absolute Gasteiger partial charge is 0.0483 e. The average Bonchev–Trinajstić information content (AvgIpc) is 2.77. The molecule has 0 saturated carbocycles. The molecule has 88 valence electrons. The standard InChI is InChI=1S/C15H18N2/c1-3-5-10-17-11-9-14-13(12-16-4-2)7-6-8-15(14)17/h1,6-9,11,16H,4-5,10,12H2,2H3. The summed E-state index contributed by atoms with van der Waals surface area (Å²) < 4.78 is 2.23. The van der Waals surface area contributed by atoms with Crippen molar-refractivity contribution >= 4 is 10.9 Å². The molecule has 0 spiro atoms. The van der Waals surface area contributed by atoms with Crippen LogP contribution in [0.25, 0.3) is 10.9 Å². The van der Waals surface area contributed by atoms with Gasteiger partial charge >= 0.3 is 0 Å². The van der Waals surface area contributed by atoms with Crippen LogP contribution in [0.5, 0.6) is 0 Å². The fourth-order valence-electron chi connectivity index (χ4n) is 2.08. The normalized spacial score (nSPS) is 10.6. The second kappa shape index (κ2) is 5.56. The van der Waals surface area contributed by atoms with Crippen LogP contribution >= 0.6 is 0 Å². The lowest BCUT2D eigenvalue weighted by atomic mass is 10.1. The molecule has 1 aromatic carbocycles. The van der Waals surface area contributed by atoms with Gasteiger partial charge in [-0.3, -0.25) is 0 Å². The van der Waals surface area contributed by atoms with Gasteiger partial charge in [-0.15, -0.1) is 12.3 Å². The number of hydrogen-bond donors (Lipinski definition) is 1. The third kappa shape index (κ3) is 2.51. The second-order valence-corrected chi connectivity index (χ2v) is 4.09. The summed E-state index contributed by atoms with van der Waals surface area (Å²) in [5.41, 5.74) is 2.62. The lowest BCUT2D eigenvalue weighted by Gasteiger charge is -2.06. The highest BCUT2D eigenvalue weighted by Gasteiger charge is 2.04. The summed E-state index contributed by atoms with van der Waals surface area (Å²) in [6.07, 6.45) is 8.21. The van der Waals surface area contributed by atoms with Crippen molar-refractivity contribution in [1.29, 1.82) is 0 Å². The molecule has 1 heterocycles. The fourth-order valence-corrected chi connectivity index (χ4v) is 2.08. The van der Waals surface area contributed by atoms with Crippen molar-refractivity contribution in [3.05, 3.63) is 36.0 Å². The number of nitrogens with one attached hydrogen (secondary N) is 1. The molecule has 2 aromatic rings. The van der Waals surface area contributed by atoms with Gasteiger partial charge in [0, 0.05) is 36.6 Å². The molecule has 2 nitrogen and oxygen atoms in total. The third-order valence-corrected chi connectivity index (χ3v) is 2.97. The number of terminal acetylenes is 1. The van der Waals surface area contributed by atoms with Gasteiger partial charge in [0.15, 0.2) is 0 Å². The molecule has 1 N–H and O–H groups in total. The summed E-state index contributed by atoms with van der Waals surface area (Å²) in [5.74, 6) is 2.69. The molecule has 2 heteroatoms. The van der Waals surface area contributed by atoms with E-state index < -0.39 is 0 Å². The van der Waals surface area contributed by atoms with Crippen molar-refractivity contribution in [2.24, 2.45) is 0 Å². The highest BCUT2D eigenvalue weighted by Crippen LogP contribution is 2.20. The van der Waals surface area contributed by atoms with Crippen molar-refractivity contribution in [1.82, 2.24) is 9.88 Å². The maximum Gasteiger partial charge on any atom is 0.0483 e. The molecule has 0 amide bonds. The molecule has 0 unspecified atom stereocenters. The van der Waals surface area contributed by atoms with Crippen molar-refractivity contribution in [3.63, 3.8) is 0 Å². The summed E-state index contributed by atoms with van der Waals surface area (Å²) in [6, 6.07) is 8.62. The van der Waals surface area contributed by atoms with E-state index in [0.717, 1.165) is 26.1 Å². The molecule has 0 atom stereocenters. The molecule has 0 aliphatic rings. The molecule has 0 radical (unpaired) electrons. The van der Waals surface area contributed by atoms with Crippen LogP contribution in [0.15, 0.2) is 30.5 Å². The van der Waals surface area contributed by atoms with E-state index in [9.17, 15) is 0 Å². The Labute approximate surface area is 103 Å². The van der Waals surface area contributed by atoms with Crippen molar-refractivity contribution < 1.29 is 0 Å². The van der Waals surface area contributed by atoms with Crippen LogP contribution < -0.4 is 5.32 Å². The number of fused-ring (bicyclic) bond motifs is 1. The zero-order chi connectivity index (χ0) is 12.1. The maximum absolute atomic E-state index is 5.31. The SMILES string of the molecule is C#CCCn1ccc2c(CNCC)cccc21. The van der Waals surface area contributed by atoms with Crippen LogP contribution in [0.3, 0.4) is 0 Å². The molecule has 1 aromatic heterocycles. The predicted molar refractivity (Wildman–Crippen MR) is 72.8 cm³/mol.